The molecule has 4 aromatic rings. The van der Waals surface area contributed by atoms with Crippen molar-refractivity contribution in [3.8, 4) is 11.1 Å². The molecule has 0 unspecified atom stereocenters. The lowest BCUT2D eigenvalue weighted by molar-refractivity contribution is 0.102. The van der Waals surface area contributed by atoms with Gasteiger partial charge >= 0.3 is 0 Å². The van der Waals surface area contributed by atoms with Crippen molar-refractivity contribution in [3.63, 3.8) is 0 Å². The number of hydrogen-bond acceptors (Lipinski definition) is 6. The Morgan fingerprint density at radius 2 is 1.85 bits per heavy atom. The maximum absolute atomic E-state index is 13.0. The number of fused-ring (bicyclic) bond motifs is 1. The maximum Gasteiger partial charge on any atom is 0.257 e. The second-order valence-corrected chi connectivity index (χ2v) is 8.65. The highest BCUT2D eigenvalue weighted by atomic mass is 35.5. The van der Waals surface area contributed by atoms with Crippen molar-refractivity contribution in [1.29, 1.82) is 0 Å². The van der Waals surface area contributed by atoms with Crippen molar-refractivity contribution < 1.29 is 4.79 Å². The van der Waals surface area contributed by atoms with E-state index in [0.717, 1.165) is 53.9 Å². The van der Waals surface area contributed by atoms with Crippen LogP contribution in [-0.4, -0.2) is 63.8 Å². The summed E-state index contributed by atoms with van der Waals surface area (Å²) in [6.07, 6.45) is 7.08. The third kappa shape index (κ3) is 4.40. The van der Waals surface area contributed by atoms with Gasteiger partial charge in [0.15, 0.2) is 0 Å². The third-order valence-corrected chi connectivity index (χ3v) is 6.34. The fourth-order valence-corrected chi connectivity index (χ4v) is 4.32. The van der Waals surface area contributed by atoms with Crippen LogP contribution in [0.2, 0.25) is 5.02 Å². The zero-order valence-corrected chi connectivity index (χ0v) is 19.3. The first-order chi connectivity index (χ1) is 16.0. The van der Waals surface area contributed by atoms with Crippen LogP contribution in [0.1, 0.15) is 10.4 Å². The molecule has 1 fully saturated rings. The number of halogens is 1. The molecule has 1 aliphatic heterocycles. The summed E-state index contributed by atoms with van der Waals surface area (Å²) in [6.45, 7) is 3.72. The van der Waals surface area contributed by atoms with Crippen LogP contribution in [0, 0.1) is 0 Å². The summed E-state index contributed by atoms with van der Waals surface area (Å²) in [7, 11) is 3.97. The van der Waals surface area contributed by atoms with Crippen molar-refractivity contribution in [2.75, 3.05) is 43.4 Å². The molecule has 168 valence electrons. The Hall–Kier alpha value is -3.49. The van der Waals surface area contributed by atoms with Gasteiger partial charge in [-0.2, -0.15) is 5.10 Å². The lowest BCUT2D eigenvalue weighted by Gasteiger charge is -2.33. The fraction of sp³-hybridized carbons (Fsp3) is 0.250. The van der Waals surface area contributed by atoms with Crippen LogP contribution >= 0.6 is 11.6 Å². The SMILES string of the molecule is CN1CCN(c2cc(C(=O)Nc3cc4c(Cl)c(-c5cnn(C)c5)ccc4cn3)ccn2)CC1. The van der Waals surface area contributed by atoms with Gasteiger partial charge in [-0.15, -0.1) is 0 Å². The van der Waals surface area contributed by atoms with Crippen molar-refractivity contribution >= 4 is 39.9 Å². The van der Waals surface area contributed by atoms with E-state index in [-0.39, 0.29) is 5.91 Å². The van der Waals surface area contributed by atoms with Crippen LogP contribution in [0.3, 0.4) is 0 Å². The monoisotopic (exact) mass is 461 g/mol. The Morgan fingerprint density at radius 3 is 2.61 bits per heavy atom. The van der Waals surface area contributed by atoms with Crippen molar-refractivity contribution in [3.05, 3.63) is 65.7 Å². The lowest BCUT2D eigenvalue weighted by atomic mass is 10.0. The molecule has 0 atom stereocenters. The predicted molar refractivity (Wildman–Crippen MR) is 131 cm³/mol. The van der Waals surface area contributed by atoms with Gasteiger partial charge in [-0.3, -0.25) is 9.48 Å². The van der Waals surface area contributed by atoms with Gasteiger partial charge < -0.3 is 15.1 Å². The molecule has 3 aromatic heterocycles. The fourth-order valence-electron chi connectivity index (χ4n) is 3.99. The van der Waals surface area contributed by atoms with Crippen LogP contribution in [0.25, 0.3) is 21.9 Å². The van der Waals surface area contributed by atoms with E-state index >= 15 is 0 Å². The van der Waals surface area contributed by atoms with E-state index in [2.05, 4.69) is 37.2 Å². The molecule has 1 saturated heterocycles. The number of nitrogens with one attached hydrogen (secondary N) is 1. The number of pyridine rings is 2. The molecule has 5 rings (SSSR count). The van der Waals surface area contributed by atoms with Gasteiger partial charge in [0.2, 0.25) is 0 Å². The van der Waals surface area contributed by atoms with E-state index in [1.807, 2.05) is 31.4 Å². The molecule has 8 nitrogen and oxygen atoms in total. The average molecular weight is 462 g/mol. The summed E-state index contributed by atoms with van der Waals surface area (Å²) in [5.74, 6) is 1.02. The summed E-state index contributed by atoms with van der Waals surface area (Å²) in [5, 5.41) is 9.43. The van der Waals surface area contributed by atoms with Gasteiger partial charge in [0.25, 0.3) is 5.91 Å². The highest BCUT2D eigenvalue weighted by Gasteiger charge is 2.17. The predicted octanol–water partition coefficient (Wildman–Crippen LogP) is 3.69. The highest BCUT2D eigenvalue weighted by molar-refractivity contribution is 6.38. The van der Waals surface area contributed by atoms with Crippen molar-refractivity contribution in [2.24, 2.45) is 7.05 Å². The first-order valence-electron chi connectivity index (χ1n) is 10.8. The van der Waals surface area contributed by atoms with Crippen LogP contribution in [-0.2, 0) is 7.05 Å². The van der Waals surface area contributed by atoms with Crippen molar-refractivity contribution in [1.82, 2.24) is 24.6 Å². The Labute approximate surface area is 196 Å². The number of carbonyl (C=O) groups excluding carboxylic acids is 1. The van der Waals surface area contributed by atoms with Crippen LogP contribution in [0.5, 0.6) is 0 Å². The van der Waals surface area contributed by atoms with E-state index in [1.54, 1.807) is 35.4 Å². The number of anilines is 2. The molecule has 0 aliphatic carbocycles. The summed E-state index contributed by atoms with van der Waals surface area (Å²) < 4.78 is 1.74. The van der Waals surface area contributed by atoms with Gasteiger partial charge in [-0.25, -0.2) is 9.97 Å². The normalized spacial score (nSPS) is 14.6. The van der Waals surface area contributed by atoms with E-state index in [1.165, 1.54) is 0 Å². The standard InChI is InChI=1S/C24H24ClN7O/c1-30-7-9-32(10-8-30)22-11-16(5-6-26-22)24(33)29-21-12-20-17(13-27-21)3-4-19(23(20)25)18-14-28-31(2)15-18/h3-6,11-15H,7-10H2,1-2H3,(H,27,29,33). The molecular formula is C24H24ClN7O. The van der Waals surface area contributed by atoms with Crippen LogP contribution in [0.15, 0.2) is 55.1 Å². The van der Waals surface area contributed by atoms with Gasteiger partial charge in [0.05, 0.1) is 11.2 Å². The Bertz CT molecular complexity index is 1330. The number of likely N-dealkylation sites (N-methyl/N-ethyl adjacent to an activating group) is 1. The first kappa shape index (κ1) is 21.4. The van der Waals surface area contributed by atoms with E-state index in [9.17, 15) is 4.79 Å². The number of benzene rings is 1. The Morgan fingerprint density at radius 1 is 1.03 bits per heavy atom. The topological polar surface area (TPSA) is 79.2 Å². The number of aromatic nitrogens is 4. The number of aryl methyl sites for hydroxylation is 1. The van der Waals surface area contributed by atoms with E-state index in [0.29, 0.717) is 16.4 Å². The Balaban J connectivity index is 1.39. The van der Waals surface area contributed by atoms with E-state index in [4.69, 9.17) is 11.6 Å². The second-order valence-electron chi connectivity index (χ2n) is 8.27. The molecule has 4 heterocycles. The minimum absolute atomic E-state index is 0.237. The summed E-state index contributed by atoms with van der Waals surface area (Å²) in [4.78, 5) is 26.3. The zero-order chi connectivity index (χ0) is 22.9. The number of amides is 1. The lowest BCUT2D eigenvalue weighted by Crippen LogP contribution is -2.44. The number of carbonyl (C=O) groups is 1. The molecule has 33 heavy (non-hydrogen) atoms. The number of rotatable bonds is 4. The first-order valence-corrected chi connectivity index (χ1v) is 11.1. The number of piperazine rings is 1. The quantitative estimate of drug-likeness (QED) is 0.499. The molecule has 9 heteroatoms. The minimum atomic E-state index is -0.237. The molecule has 1 aliphatic rings. The highest BCUT2D eigenvalue weighted by Crippen LogP contribution is 2.34. The second kappa shape index (κ2) is 8.80. The maximum atomic E-state index is 13.0. The molecule has 0 bridgehead atoms. The van der Waals surface area contributed by atoms with Crippen LogP contribution in [0.4, 0.5) is 11.6 Å². The van der Waals surface area contributed by atoms with Crippen LogP contribution < -0.4 is 10.2 Å². The summed E-state index contributed by atoms with van der Waals surface area (Å²) in [5.41, 5.74) is 2.35. The molecule has 0 saturated carbocycles. The smallest absolute Gasteiger partial charge is 0.257 e. The molecule has 0 spiro atoms. The van der Waals surface area contributed by atoms with Gasteiger partial charge in [-0.1, -0.05) is 23.7 Å². The summed E-state index contributed by atoms with van der Waals surface area (Å²) in [6, 6.07) is 9.27. The van der Waals surface area contributed by atoms with Crippen molar-refractivity contribution in [2.45, 2.75) is 0 Å². The zero-order valence-electron chi connectivity index (χ0n) is 18.5. The molecule has 1 aromatic carbocycles. The molecular weight excluding hydrogens is 438 g/mol. The number of nitrogens with zero attached hydrogens (tertiary/aromatic N) is 6. The molecule has 0 radical (unpaired) electrons. The van der Waals surface area contributed by atoms with Gasteiger partial charge in [0, 0.05) is 79.3 Å². The average Bonchev–Trinajstić information content (AvgIpc) is 3.26. The number of hydrogen-bond donors (Lipinski definition) is 1. The summed E-state index contributed by atoms with van der Waals surface area (Å²) >= 11 is 6.73. The van der Waals surface area contributed by atoms with Gasteiger partial charge in [-0.05, 0) is 25.2 Å². The largest absolute Gasteiger partial charge is 0.354 e. The van der Waals surface area contributed by atoms with E-state index < -0.39 is 0 Å². The molecule has 1 N–H and O–H groups in total. The van der Waals surface area contributed by atoms with Gasteiger partial charge in [0.1, 0.15) is 11.6 Å². The minimum Gasteiger partial charge on any atom is -0.354 e. The third-order valence-electron chi connectivity index (χ3n) is 5.93. The Kier molecular flexibility index (Phi) is 5.70. The molecule has 1 amide bonds.